The third kappa shape index (κ3) is 5.83. The van der Waals surface area contributed by atoms with Crippen LogP contribution in [0.2, 0.25) is 0 Å². The number of amides is 2. The van der Waals surface area contributed by atoms with Gasteiger partial charge in [-0.25, -0.2) is 0 Å². The number of nitrogens with one attached hydrogen (secondary N) is 2. The lowest BCUT2D eigenvalue weighted by molar-refractivity contribution is -0.121. The Kier molecular flexibility index (Phi) is 7.12. The largest absolute Gasteiger partial charge is 0.389 e. The fourth-order valence-corrected chi connectivity index (χ4v) is 4.18. The van der Waals surface area contributed by atoms with Crippen LogP contribution in [0, 0.1) is 12.8 Å². The maximum absolute atomic E-state index is 12.0. The molecule has 0 radical (unpaired) electrons. The summed E-state index contributed by atoms with van der Waals surface area (Å²) in [5.74, 6) is 1.24. The Morgan fingerprint density at radius 3 is 2.75 bits per heavy atom. The molecule has 0 aliphatic carbocycles. The maximum Gasteiger partial charge on any atom is 0.233 e. The van der Waals surface area contributed by atoms with E-state index < -0.39 is 6.10 Å². The highest BCUT2D eigenvalue weighted by atomic mass is 32.2. The van der Waals surface area contributed by atoms with Gasteiger partial charge in [-0.1, -0.05) is 36.8 Å². The second kappa shape index (κ2) is 9.08. The fraction of sp³-hybridized carbons (Fsp3) is 0.556. The van der Waals surface area contributed by atoms with Crippen molar-refractivity contribution in [1.29, 1.82) is 0 Å². The second-order valence-electron chi connectivity index (χ2n) is 6.43. The molecule has 3 atom stereocenters. The third-order valence-corrected chi connectivity index (χ3v) is 5.65. The number of carbonyl (C=O) groups is 2. The SMILES string of the molecule is Cc1cccc(CC(=O)NCC(O)CNC(=O)C2SCCC2C)c1. The molecule has 2 amide bonds. The number of benzene rings is 1. The number of hydrogen-bond donors (Lipinski definition) is 3. The summed E-state index contributed by atoms with van der Waals surface area (Å²) in [5, 5.41) is 15.4. The molecule has 1 aromatic rings. The van der Waals surface area contributed by atoms with Gasteiger partial charge in [0.15, 0.2) is 0 Å². The molecule has 1 aromatic carbocycles. The van der Waals surface area contributed by atoms with Crippen LogP contribution in [0.1, 0.15) is 24.5 Å². The van der Waals surface area contributed by atoms with Crippen molar-refractivity contribution in [2.24, 2.45) is 5.92 Å². The molecule has 5 nitrogen and oxygen atoms in total. The van der Waals surface area contributed by atoms with Crippen LogP contribution < -0.4 is 10.6 Å². The van der Waals surface area contributed by atoms with Crippen molar-refractivity contribution in [3.8, 4) is 0 Å². The quantitative estimate of drug-likeness (QED) is 0.692. The lowest BCUT2D eigenvalue weighted by Gasteiger charge is -2.17. The summed E-state index contributed by atoms with van der Waals surface area (Å²) in [6.45, 7) is 4.36. The predicted octanol–water partition coefficient (Wildman–Crippen LogP) is 1.27. The molecule has 132 valence electrons. The van der Waals surface area contributed by atoms with Crippen molar-refractivity contribution in [3.63, 3.8) is 0 Å². The van der Waals surface area contributed by atoms with Crippen LogP contribution in [0.15, 0.2) is 24.3 Å². The van der Waals surface area contributed by atoms with E-state index in [9.17, 15) is 14.7 Å². The molecule has 2 rings (SSSR count). The van der Waals surface area contributed by atoms with E-state index in [0.29, 0.717) is 5.92 Å². The summed E-state index contributed by atoms with van der Waals surface area (Å²) >= 11 is 1.67. The van der Waals surface area contributed by atoms with E-state index in [4.69, 9.17) is 0 Å². The van der Waals surface area contributed by atoms with Crippen molar-refractivity contribution in [2.75, 3.05) is 18.8 Å². The van der Waals surface area contributed by atoms with Crippen LogP contribution in [0.5, 0.6) is 0 Å². The lowest BCUT2D eigenvalue weighted by Crippen LogP contribution is -2.43. The number of aryl methyl sites for hydroxylation is 1. The highest BCUT2D eigenvalue weighted by molar-refractivity contribution is 8.00. The molecule has 1 saturated heterocycles. The van der Waals surface area contributed by atoms with E-state index in [0.717, 1.165) is 23.3 Å². The molecular formula is C18H26N2O3S. The minimum atomic E-state index is -0.780. The monoisotopic (exact) mass is 350 g/mol. The van der Waals surface area contributed by atoms with Gasteiger partial charge in [0.2, 0.25) is 11.8 Å². The Hall–Kier alpha value is -1.53. The van der Waals surface area contributed by atoms with Crippen LogP contribution in [-0.4, -0.2) is 47.1 Å². The van der Waals surface area contributed by atoms with Gasteiger partial charge in [-0.2, -0.15) is 0 Å². The zero-order valence-corrected chi connectivity index (χ0v) is 15.1. The van der Waals surface area contributed by atoms with Gasteiger partial charge in [-0.3, -0.25) is 9.59 Å². The first-order valence-corrected chi connectivity index (χ1v) is 9.40. The maximum atomic E-state index is 12.0. The van der Waals surface area contributed by atoms with E-state index in [1.54, 1.807) is 11.8 Å². The molecule has 3 unspecified atom stereocenters. The number of rotatable bonds is 7. The Morgan fingerprint density at radius 1 is 1.33 bits per heavy atom. The molecule has 0 bridgehead atoms. The molecule has 1 heterocycles. The second-order valence-corrected chi connectivity index (χ2v) is 7.68. The molecule has 0 spiro atoms. The summed E-state index contributed by atoms with van der Waals surface area (Å²) < 4.78 is 0. The molecule has 24 heavy (non-hydrogen) atoms. The van der Waals surface area contributed by atoms with Gasteiger partial charge in [0.1, 0.15) is 0 Å². The predicted molar refractivity (Wildman–Crippen MR) is 96.9 cm³/mol. The standard InChI is InChI=1S/C18H26N2O3S/c1-12-4-3-5-14(8-12)9-16(22)19-10-15(21)11-20-18(23)17-13(2)6-7-24-17/h3-5,8,13,15,17,21H,6-7,9-11H2,1-2H3,(H,19,22)(H,20,23). The van der Waals surface area contributed by atoms with Crippen LogP contribution in [-0.2, 0) is 16.0 Å². The number of thioether (sulfide) groups is 1. The average molecular weight is 350 g/mol. The lowest BCUT2D eigenvalue weighted by atomic mass is 10.0. The van der Waals surface area contributed by atoms with E-state index in [-0.39, 0.29) is 36.6 Å². The first-order chi connectivity index (χ1) is 11.5. The summed E-state index contributed by atoms with van der Waals surface area (Å²) in [5.41, 5.74) is 2.06. The van der Waals surface area contributed by atoms with Crippen molar-refractivity contribution >= 4 is 23.6 Å². The van der Waals surface area contributed by atoms with Gasteiger partial charge in [-0.05, 0) is 30.6 Å². The van der Waals surface area contributed by atoms with Crippen molar-refractivity contribution in [3.05, 3.63) is 35.4 Å². The van der Waals surface area contributed by atoms with Crippen LogP contribution in [0.4, 0.5) is 0 Å². The third-order valence-electron chi connectivity index (χ3n) is 4.14. The first-order valence-electron chi connectivity index (χ1n) is 8.35. The summed E-state index contributed by atoms with van der Waals surface area (Å²) in [6.07, 6.45) is 0.564. The van der Waals surface area contributed by atoms with E-state index >= 15 is 0 Å². The highest BCUT2D eigenvalue weighted by Gasteiger charge is 2.30. The Labute approximate surface area is 147 Å². The smallest absolute Gasteiger partial charge is 0.233 e. The first kappa shape index (κ1) is 18.8. The van der Waals surface area contributed by atoms with Gasteiger partial charge in [-0.15, -0.1) is 11.8 Å². The molecule has 1 aliphatic rings. The number of aliphatic hydroxyl groups excluding tert-OH is 1. The molecule has 0 aromatic heterocycles. The van der Waals surface area contributed by atoms with Crippen molar-refractivity contribution < 1.29 is 14.7 Å². The molecule has 1 fully saturated rings. The number of hydrogen-bond acceptors (Lipinski definition) is 4. The van der Waals surface area contributed by atoms with Gasteiger partial charge in [0, 0.05) is 13.1 Å². The number of carbonyl (C=O) groups excluding carboxylic acids is 2. The van der Waals surface area contributed by atoms with Gasteiger partial charge < -0.3 is 15.7 Å². The minimum Gasteiger partial charge on any atom is -0.389 e. The van der Waals surface area contributed by atoms with Gasteiger partial charge in [0.25, 0.3) is 0 Å². The van der Waals surface area contributed by atoms with Gasteiger partial charge >= 0.3 is 0 Å². The molecular weight excluding hydrogens is 324 g/mol. The van der Waals surface area contributed by atoms with Crippen molar-refractivity contribution in [1.82, 2.24) is 10.6 Å². The van der Waals surface area contributed by atoms with Crippen molar-refractivity contribution in [2.45, 2.75) is 38.0 Å². The molecule has 3 N–H and O–H groups in total. The van der Waals surface area contributed by atoms with Crippen LogP contribution in [0.3, 0.4) is 0 Å². The highest BCUT2D eigenvalue weighted by Crippen LogP contribution is 2.31. The zero-order chi connectivity index (χ0) is 17.5. The normalized spacial score (nSPS) is 21.3. The molecule has 1 aliphatic heterocycles. The minimum absolute atomic E-state index is 0.0184. The Balaban J connectivity index is 1.66. The van der Waals surface area contributed by atoms with E-state index in [1.165, 1.54) is 0 Å². The number of aliphatic hydroxyl groups is 1. The van der Waals surface area contributed by atoms with E-state index in [1.807, 2.05) is 31.2 Å². The summed E-state index contributed by atoms with van der Waals surface area (Å²) in [4.78, 5) is 23.9. The molecule has 0 saturated carbocycles. The van der Waals surface area contributed by atoms with Gasteiger partial charge in [0.05, 0.1) is 17.8 Å². The zero-order valence-electron chi connectivity index (χ0n) is 14.2. The fourth-order valence-electron chi connectivity index (χ4n) is 2.72. The van der Waals surface area contributed by atoms with Crippen LogP contribution >= 0.6 is 11.8 Å². The average Bonchev–Trinajstić information content (AvgIpc) is 2.97. The van der Waals surface area contributed by atoms with Crippen LogP contribution in [0.25, 0.3) is 0 Å². The topological polar surface area (TPSA) is 78.4 Å². The molecule has 6 heteroatoms. The summed E-state index contributed by atoms with van der Waals surface area (Å²) in [7, 11) is 0. The Bertz CT molecular complexity index is 579. The summed E-state index contributed by atoms with van der Waals surface area (Å²) in [6, 6.07) is 7.78. The van der Waals surface area contributed by atoms with E-state index in [2.05, 4.69) is 17.6 Å². The Morgan fingerprint density at radius 2 is 2.08 bits per heavy atom.